The van der Waals surface area contributed by atoms with Gasteiger partial charge in [-0.2, -0.15) is 5.26 Å². The Balaban J connectivity index is 2.25. The lowest BCUT2D eigenvalue weighted by Gasteiger charge is -2.12. The molecule has 1 aromatic carbocycles. The summed E-state index contributed by atoms with van der Waals surface area (Å²) in [6.45, 7) is 5.36. The molecule has 0 spiro atoms. The number of para-hydroxylation sites is 2. The maximum atomic E-state index is 12.2. The minimum absolute atomic E-state index is 0.104. The monoisotopic (exact) mass is 270 g/mol. The molecule has 0 fully saturated rings. The number of aromatic nitrogens is 1. The maximum absolute atomic E-state index is 12.2. The van der Waals surface area contributed by atoms with E-state index < -0.39 is 12.0 Å². The van der Waals surface area contributed by atoms with Crippen molar-refractivity contribution in [1.29, 1.82) is 5.26 Å². The zero-order valence-corrected chi connectivity index (χ0v) is 11.1. The molecule has 0 saturated heterocycles. The number of fused-ring (bicyclic) bond motifs is 1. The van der Waals surface area contributed by atoms with E-state index >= 15 is 0 Å². The van der Waals surface area contributed by atoms with Crippen LogP contribution in [0, 0.1) is 11.3 Å². The van der Waals surface area contributed by atoms with Crippen molar-refractivity contribution in [2.24, 2.45) is 0 Å². The van der Waals surface area contributed by atoms with Crippen LogP contribution in [0.3, 0.4) is 0 Å². The maximum Gasteiger partial charge on any atom is 0.220 e. The van der Waals surface area contributed by atoms with Gasteiger partial charge in [0.25, 0.3) is 0 Å². The molecule has 5 heteroatoms. The Hall–Kier alpha value is -2.45. The lowest BCUT2D eigenvalue weighted by atomic mass is 10.0. The Kier molecular flexibility index (Phi) is 4.28. The first-order valence-corrected chi connectivity index (χ1v) is 6.18. The third kappa shape index (κ3) is 2.76. The first-order chi connectivity index (χ1) is 9.67. The molecule has 2 atom stereocenters. The van der Waals surface area contributed by atoms with Crippen LogP contribution in [0.1, 0.15) is 18.7 Å². The highest BCUT2D eigenvalue weighted by Crippen LogP contribution is 2.23. The Morgan fingerprint density at radius 3 is 3.00 bits per heavy atom. The lowest BCUT2D eigenvalue weighted by molar-refractivity contribution is -0.129. The topological polar surface area (TPSA) is 76.1 Å². The summed E-state index contributed by atoms with van der Waals surface area (Å²) < 4.78 is 10.7. The van der Waals surface area contributed by atoms with Crippen molar-refractivity contribution in [3.05, 3.63) is 42.8 Å². The molecule has 0 bridgehead atoms. The number of oxazole rings is 1. The fraction of sp³-hybridized carbons (Fsp3) is 0.267. The normalized spacial score (nSPS) is 13.6. The Morgan fingerprint density at radius 1 is 1.60 bits per heavy atom. The predicted octanol–water partition coefficient (Wildman–Crippen LogP) is 2.60. The van der Waals surface area contributed by atoms with Crippen molar-refractivity contribution < 1.29 is 13.9 Å². The molecule has 0 saturated carbocycles. The van der Waals surface area contributed by atoms with Crippen molar-refractivity contribution in [3.8, 4) is 6.07 Å². The first kappa shape index (κ1) is 14.0. The number of hydrogen-bond donors (Lipinski definition) is 0. The number of nitriles is 1. The van der Waals surface area contributed by atoms with E-state index in [1.807, 2.05) is 12.1 Å². The third-order valence-corrected chi connectivity index (χ3v) is 2.84. The summed E-state index contributed by atoms with van der Waals surface area (Å²) in [4.78, 5) is 16.4. The number of carbonyl (C=O) groups excluding carboxylic acids is 1. The van der Waals surface area contributed by atoms with Gasteiger partial charge in [0.15, 0.2) is 17.3 Å². The molecule has 2 rings (SSSR count). The van der Waals surface area contributed by atoms with Crippen LogP contribution in [0.5, 0.6) is 0 Å². The number of ether oxygens (including phenoxy) is 1. The molecule has 1 heterocycles. The molecule has 20 heavy (non-hydrogen) atoms. The summed E-state index contributed by atoms with van der Waals surface area (Å²) >= 11 is 0. The molecule has 0 amide bonds. The SMILES string of the molecule is C=CCO[C@H](C)C(=O)[C@H](C#N)c1nc2ccccc2o1. The largest absolute Gasteiger partial charge is 0.439 e. The molecule has 0 aliphatic heterocycles. The fourth-order valence-corrected chi connectivity index (χ4v) is 1.78. The van der Waals surface area contributed by atoms with Gasteiger partial charge in [-0.15, -0.1) is 6.58 Å². The van der Waals surface area contributed by atoms with Crippen molar-refractivity contribution in [2.45, 2.75) is 18.9 Å². The number of benzene rings is 1. The van der Waals surface area contributed by atoms with Gasteiger partial charge < -0.3 is 9.15 Å². The van der Waals surface area contributed by atoms with E-state index in [1.54, 1.807) is 31.2 Å². The number of rotatable bonds is 6. The summed E-state index contributed by atoms with van der Waals surface area (Å²) in [5.41, 5.74) is 1.17. The van der Waals surface area contributed by atoms with Crippen LogP contribution in [0.2, 0.25) is 0 Å². The standard InChI is InChI=1S/C15H14N2O3/c1-3-8-19-10(2)14(18)11(9-16)15-17-12-6-4-5-7-13(12)20-15/h3-7,10-11H,1,8H2,2H3/t10-,11+/m1/s1. The molecular formula is C15H14N2O3. The second-order valence-corrected chi connectivity index (χ2v) is 4.25. The lowest BCUT2D eigenvalue weighted by Crippen LogP contribution is -2.26. The third-order valence-electron chi connectivity index (χ3n) is 2.84. The zero-order chi connectivity index (χ0) is 14.5. The van der Waals surface area contributed by atoms with Gasteiger partial charge in [-0.3, -0.25) is 4.79 Å². The second kappa shape index (κ2) is 6.13. The van der Waals surface area contributed by atoms with E-state index in [9.17, 15) is 10.1 Å². The molecule has 0 aliphatic carbocycles. The molecule has 0 aliphatic rings. The number of ketones is 1. The van der Waals surface area contributed by atoms with Gasteiger partial charge >= 0.3 is 0 Å². The van der Waals surface area contributed by atoms with Gasteiger partial charge in [0, 0.05) is 0 Å². The van der Waals surface area contributed by atoms with Crippen LogP contribution >= 0.6 is 0 Å². The van der Waals surface area contributed by atoms with E-state index in [4.69, 9.17) is 9.15 Å². The van der Waals surface area contributed by atoms with E-state index in [0.29, 0.717) is 11.1 Å². The smallest absolute Gasteiger partial charge is 0.220 e. The van der Waals surface area contributed by atoms with E-state index in [1.165, 1.54) is 0 Å². The van der Waals surface area contributed by atoms with Crippen molar-refractivity contribution in [2.75, 3.05) is 6.61 Å². The van der Waals surface area contributed by atoms with Gasteiger partial charge in [0.2, 0.25) is 5.89 Å². The summed E-state index contributed by atoms with van der Waals surface area (Å²) in [5.74, 6) is -1.34. The average Bonchev–Trinajstić information content (AvgIpc) is 2.88. The highest BCUT2D eigenvalue weighted by molar-refractivity contribution is 5.91. The van der Waals surface area contributed by atoms with E-state index in [-0.39, 0.29) is 18.3 Å². The van der Waals surface area contributed by atoms with Crippen LogP contribution in [0.25, 0.3) is 11.1 Å². The molecule has 0 N–H and O–H groups in total. The summed E-state index contributed by atoms with van der Waals surface area (Å²) in [6, 6.07) is 9.04. The van der Waals surface area contributed by atoms with Gasteiger partial charge in [-0.05, 0) is 19.1 Å². The zero-order valence-electron chi connectivity index (χ0n) is 11.1. The van der Waals surface area contributed by atoms with Gasteiger partial charge in [0.1, 0.15) is 11.6 Å². The minimum atomic E-state index is -1.07. The second-order valence-electron chi connectivity index (χ2n) is 4.25. The van der Waals surface area contributed by atoms with Crippen LogP contribution in [-0.2, 0) is 9.53 Å². The molecule has 0 unspecified atom stereocenters. The van der Waals surface area contributed by atoms with Crippen LogP contribution in [0.4, 0.5) is 0 Å². The number of hydrogen-bond acceptors (Lipinski definition) is 5. The highest BCUT2D eigenvalue weighted by Gasteiger charge is 2.30. The summed E-state index contributed by atoms with van der Waals surface area (Å²) in [6.07, 6.45) is 0.831. The van der Waals surface area contributed by atoms with Crippen molar-refractivity contribution >= 4 is 16.9 Å². The minimum Gasteiger partial charge on any atom is -0.439 e. The number of nitrogens with zero attached hydrogens (tertiary/aromatic N) is 2. The van der Waals surface area contributed by atoms with E-state index in [2.05, 4.69) is 11.6 Å². The molecule has 1 aromatic heterocycles. The molecule has 5 nitrogen and oxygen atoms in total. The van der Waals surface area contributed by atoms with Crippen molar-refractivity contribution in [3.63, 3.8) is 0 Å². The van der Waals surface area contributed by atoms with E-state index in [0.717, 1.165) is 0 Å². The summed E-state index contributed by atoms with van der Waals surface area (Å²) in [7, 11) is 0. The first-order valence-electron chi connectivity index (χ1n) is 6.18. The fourth-order valence-electron chi connectivity index (χ4n) is 1.78. The quantitative estimate of drug-likeness (QED) is 0.754. The Labute approximate surface area is 116 Å². The van der Waals surface area contributed by atoms with Gasteiger partial charge in [-0.1, -0.05) is 18.2 Å². The molecule has 102 valence electrons. The molecular weight excluding hydrogens is 256 g/mol. The van der Waals surface area contributed by atoms with Crippen LogP contribution in [-0.4, -0.2) is 23.5 Å². The van der Waals surface area contributed by atoms with Crippen LogP contribution < -0.4 is 0 Å². The van der Waals surface area contributed by atoms with Gasteiger partial charge in [0.05, 0.1) is 12.7 Å². The predicted molar refractivity (Wildman–Crippen MR) is 73.0 cm³/mol. The number of carbonyl (C=O) groups is 1. The van der Waals surface area contributed by atoms with Gasteiger partial charge in [-0.25, -0.2) is 4.98 Å². The van der Waals surface area contributed by atoms with Crippen LogP contribution in [0.15, 0.2) is 41.3 Å². The summed E-state index contributed by atoms with van der Waals surface area (Å²) in [5, 5.41) is 9.20. The molecule has 0 radical (unpaired) electrons. The Morgan fingerprint density at radius 2 is 2.35 bits per heavy atom. The highest BCUT2D eigenvalue weighted by atomic mass is 16.5. The number of Topliss-reactive ketones (excluding diaryl/α,β-unsaturated/α-hetero) is 1. The average molecular weight is 270 g/mol. The van der Waals surface area contributed by atoms with Crippen molar-refractivity contribution in [1.82, 2.24) is 4.98 Å². The Bertz CT molecular complexity index is 636. The molecule has 2 aromatic rings.